The Bertz CT molecular complexity index is 787. The zero-order valence-corrected chi connectivity index (χ0v) is 18.7. The van der Waals surface area contributed by atoms with Gasteiger partial charge in [0.05, 0.1) is 12.2 Å². The molecule has 0 aromatic carbocycles. The summed E-state index contributed by atoms with van der Waals surface area (Å²) >= 11 is 0. The average molecular weight is 418 g/mol. The molecule has 30 heavy (non-hydrogen) atoms. The number of hydrogen-bond donors (Lipinski definition) is 2. The van der Waals surface area contributed by atoms with E-state index in [1.807, 2.05) is 11.8 Å². The third-order valence-electron chi connectivity index (χ3n) is 6.78. The second-order valence-electron chi connectivity index (χ2n) is 8.75. The van der Waals surface area contributed by atoms with Gasteiger partial charge >= 0.3 is 5.97 Å². The number of carbonyl (C=O) groups is 3. The Labute approximate surface area is 178 Å². The van der Waals surface area contributed by atoms with E-state index in [2.05, 4.69) is 10.3 Å². The van der Waals surface area contributed by atoms with Crippen molar-refractivity contribution in [1.29, 1.82) is 0 Å². The van der Waals surface area contributed by atoms with Crippen LogP contribution in [0.4, 0.5) is 0 Å². The highest BCUT2D eigenvalue weighted by molar-refractivity contribution is 6.00. The van der Waals surface area contributed by atoms with Crippen molar-refractivity contribution in [1.82, 2.24) is 15.2 Å². The highest BCUT2D eigenvalue weighted by Gasteiger charge is 2.33. The first-order valence-electron chi connectivity index (χ1n) is 11.3. The standard InChI is InChI=1S/C23H35N3O4/c1-5-30-23(29)19-15(3)20(24-16(19)4)22(28)26-12-10-17(11-13-26)14(2)21(27)25-18-8-6-7-9-18/h14,17-18,24H,5-13H2,1-4H3,(H,25,27). The van der Waals surface area contributed by atoms with Gasteiger partial charge in [-0.25, -0.2) is 4.79 Å². The van der Waals surface area contributed by atoms with Gasteiger partial charge in [-0.3, -0.25) is 9.59 Å². The normalized spacial score (nSPS) is 19.0. The molecule has 7 heteroatoms. The lowest BCUT2D eigenvalue weighted by molar-refractivity contribution is -0.127. The van der Waals surface area contributed by atoms with Crippen LogP contribution in [0.2, 0.25) is 0 Å². The SMILES string of the molecule is CCOC(=O)c1c(C)[nH]c(C(=O)N2CCC(C(C)C(=O)NC3CCCC3)CC2)c1C. The van der Waals surface area contributed by atoms with Crippen LogP contribution >= 0.6 is 0 Å². The van der Waals surface area contributed by atoms with Crippen LogP contribution in [0.15, 0.2) is 0 Å². The molecule has 1 unspecified atom stereocenters. The molecule has 1 aromatic heterocycles. The number of aromatic amines is 1. The predicted octanol–water partition coefficient (Wildman–Crippen LogP) is 3.36. The first-order chi connectivity index (χ1) is 14.3. The van der Waals surface area contributed by atoms with E-state index in [9.17, 15) is 14.4 Å². The molecule has 1 aliphatic heterocycles. The molecule has 2 heterocycles. The van der Waals surface area contributed by atoms with Gasteiger partial charge in [0.1, 0.15) is 5.69 Å². The van der Waals surface area contributed by atoms with Gasteiger partial charge < -0.3 is 19.9 Å². The van der Waals surface area contributed by atoms with Gasteiger partial charge in [0, 0.05) is 30.7 Å². The van der Waals surface area contributed by atoms with Crippen LogP contribution in [0.3, 0.4) is 0 Å². The van der Waals surface area contributed by atoms with Crippen molar-refractivity contribution in [3.8, 4) is 0 Å². The largest absolute Gasteiger partial charge is 0.462 e. The Morgan fingerprint density at radius 2 is 1.77 bits per heavy atom. The van der Waals surface area contributed by atoms with Crippen LogP contribution in [0, 0.1) is 25.7 Å². The van der Waals surface area contributed by atoms with E-state index in [0.29, 0.717) is 48.3 Å². The molecule has 1 saturated heterocycles. The maximum absolute atomic E-state index is 13.1. The molecule has 7 nitrogen and oxygen atoms in total. The number of aryl methyl sites for hydroxylation is 1. The Morgan fingerprint density at radius 1 is 1.13 bits per heavy atom. The van der Waals surface area contributed by atoms with Gasteiger partial charge in [-0.05, 0) is 57.9 Å². The number of piperidine rings is 1. The number of likely N-dealkylation sites (tertiary alicyclic amines) is 1. The summed E-state index contributed by atoms with van der Waals surface area (Å²) in [6.45, 7) is 8.88. The highest BCUT2D eigenvalue weighted by Crippen LogP contribution is 2.28. The van der Waals surface area contributed by atoms with Crippen molar-refractivity contribution in [2.75, 3.05) is 19.7 Å². The van der Waals surface area contributed by atoms with E-state index in [4.69, 9.17) is 4.74 Å². The van der Waals surface area contributed by atoms with Crippen molar-refractivity contribution in [2.24, 2.45) is 11.8 Å². The van der Waals surface area contributed by atoms with E-state index >= 15 is 0 Å². The summed E-state index contributed by atoms with van der Waals surface area (Å²) in [5, 5.41) is 3.20. The number of amides is 2. The Hall–Kier alpha value is -2.31. The molecule has 166 valence electrons. The maximum Gasteiger partial charge on any atom is 0.340 e. The molecule has 3 rings (SSSR count). The number of aromatic nitrogens is 1. The van der Waals surface area contributed by atoms with Crippen molar-refractivity contribution in [2.45, 2.75) is 72.3 Å². The number of hydrogen-bond acceptors (Lipinski definition) is 4. The van der Waals surface area contributed by atoms with Crippen molar-refractivity contribution in [3.63, 3.8) is 0 Å². The molecule has 2 aliphatic rings. The predicted molar refractivity (Wildman–Crippen MR) is 114 cm³/mol. The minimum atomic E-state index is -0.399. The zero-order valence-electron chi connectivity index (χ0n) is 18.7. The third kappa shape index (κ3) is 4.71. The van der Waals surface area contributed by atoms with Crippen LogP contribution in [0.5, 0.6) is 0 Å². The molecule has 1 saturated carbocycles. The first kappa shape index (κ1) is 22.4. The smallest absolute Gasteiger partial charge is 0.340 e. The summed E-state index contributed by atoms with van der Waals surface area (Å²) in [7, 11) is 0. The summed E-state index contributed by atoms with van der Waals surface area (Å²) in [4.78, 5) is 42.8. The van der Waals surface area contributed by atoms with E-state index in [-0.39, 0.29) is 23.7 Å². The zero-order chi connectivity index (χ0) is 21.8. The Morgan fingerprint density at radius 3 is 2.37 bits per heavy atom. The van der Waals surface area contributed by atoms with E-state index in [0.717, 1.165) is 25.7 Å². The number of ether oxygens (including phenoxy) is 1. The van der Waals surface area contributed by atoms with Gasteiger partial charge in [0.25, 0.3) is 5.91 Å². The molecule has 0 bridgehead atoms. The lowest BCUT2D eigenvalue weighted by atomic mass is 9.84. The minimum Gasteiger partial charge on any atom is -0.462 e. The number of rotatable bonds is 6. The summed E-state index contributed by atoms with van der Waals surface area (Å²) < 4.78 is 5.12. The Balaban J connectivity index is 1.58. The van der Waals surface area contributed by atoms with Gasteiger partial charge in [-0.15, -0.1) is 0 Å². The molecule has 0 radical (unpaired) electrons. The van der Waals surface area contributed by atoms with Crippen LogP contribution in [0.1, 0.15) is 84.5 Å². The fraction of sp³-hybridized carbons (Fsp3) is 0.696. The second-order valence-corrected chi connectivity index (χ2v) is 8.75. The lowest BCUT2D eigenvalue weighted by Gasteiger charge is -2.34. The van der Waals surface area contributed by atoms with Crippen molar-refractivity contribution >= 4 is 17.8 Å². The van der Waals surface area contributed by atoms with Crippen LogP contribution in [0.25, 0.3) is 0 Å². The lowest BCUT2D eigenvalue weighted by Crippen LogP contribution is -2.44. The maximum atomic E-state index is 13.1. The Kier molecular flexibility index (Phi) is 7.21. The molecule has 1 aromatic rings. The third-order valence-corrected chi connectivity index (χ3v) is 6.78. The molecule has 2 amide bonds. The van der Waals surface area contributed by atoms with Crippen molar-refractivity contribution in [3.05, 3.63) is 22.5 Å². The monoisotopic (exact) mass is 417 g/mol. The highest BCUT2D eigenvalue weighted by atomic mass is 16.5. The second kappa shape index (κ2) is 9.67. The number of nitrogens with zero attached hydrogens (tertiary/aromatic N) is 1. The number of H-pyrrole nitrogens is 1. The van der Waals surface area contributed by atoms with Crippen molar-refractivity contribution < 1.29 is 19.1 Å². The molecule has 2 fully saturated rings. The van der Waals surface area contributed by atoms with Gasteiger partial charge in [0.15, 0.2) is 0 Å². The van der Waals surface area contributed by atoms with Gasteiger partial charge in [-0.2, -0.15) is 0 Å². The minimum absolute atomic E-state index is 0.0345. The summed E-state index contributed by atoms with van der Waals surface area (Å²) in [6.07, 6.45) is 6.22. The average Bonchev–Trinajstić information content (AvgIpc) is 3.34. The molecule has 0 spiro atoms. The molecule has 2 N–H and O–H groups in total. The number of esters is 1. The number of nitrogens with one attached hydrogen (secondary N) is 2. The fourth-order valence-electron chi connectivity index (χ4n) is 4.85. The van der Waals surface area contributed by atoms with Gasteiger partial charge in [0.2, 0.25) is 5.91 Å². The van der Waals surface area contributed by atoms with Crippen LogP contribution in [-0.2, 0) is 9.53 Å². The van der Waals surface area contributed by atoms with Crippen LogP contribution in [-0.4, -0.2) is 53.4 Å². The van der Waals surface area contributed by atoms with Crippen LogP contribution < -0.4 is 5.32 Å². The quantitative estimate of drug-likeness (QED) is 0.695. The molecule has 1 aliphatic carbocycles. The summed E-state index contributed by atoms with van der Waals surface area (Å²) in [5.41, 5.74) is 2.21. The first-order valence-corrected chi connectivity index (χ1v) is 11.3. The molecular formula is C23H35N3O4. The van der Waals surface area contributed by atoms with Gasteiger partial charge in [-0.1, -0.05) is 19.8 Å². The van der Waals surface area contributed by atoms with E-state index < -0.39 is 5.97 Å². The van der Waals surface area contributed by atoms with E-state index in [1.165, 1.54) is 12.8 Å². The topological polar surface area (TPSA) is 91.5 Å². The molecule has 1 atom stereocenters. The summed E-state index contributed by atoms with van der Waals surface area (Å²) in [5.74, 6) is -0.0809. The van der Waals surface area contributed by atoms with E-state index in [1.54, 1.807) is 20.8 Å². The molecular weight excluding hydrogens is 382 g/mol. The number of carbonyl (C=O) groups excluding carboxylic acids is 3. The fourth-order valence-corrected chi connectivity index (χ4v) is 4.85. The summed E-state index contributed by atoms with van der Waals surface area (Å²) in [6, 6.07) is 0.342.